The molecule has 1 heterocycles. The average Bonchev–Trinajstić information content (AvgIpc) is 2.93. The minimum absolute atomic E-state index is 0. The van der Waals surface area contributed by atoms with Gasteiger partial charge in [0.15, 0.2) is 5.76 Å². The lowest BCUT2D eigenvalue weighted by Crippen LogP contribution is -2.38. The number of furan rings is 1. The SMILES string of the molecule is Cl.NC(=O)c1oc2ccc(Br)cc2c1-c1cccc(C[C@H](N)C(N)=O)c1. The maximum Gasteiger partial charge on any atom is 0.285 e. The van der Waals surface area contributed by atoms with Gasteiger partial charge in [0.05, 0.1) is 6.04 Å². The lowest BCUT2D eigenvalue weighted by atomic mass is 9.97. The second-order valence-corrected chi connectivity index (χ2v) is 6.64. The van der Waals surface area contributed by atoms with Gasteiger partial charge in [-0.2, -0.15) is 0 Å². The fourth-order valence-corrected chi connectivity index (χ4v) is 3.10. The topological polar surface area (TPSA) is 125 Å². The fraction of sp³-hybridized carbons (Fsp3) is 0.111. The number of halogens is 2. The zero-order chi connectivity index (χ0) is 18.1. The second kappa shape index (κ2) is 7.90. The van der Waals surface area contributed by atoms with Crippen LogP contribution in [0.15, 0.2) is 51.4 Å². The lowest BCUT2D eigenvalue weighted by molar-refractivity contribution is -0.119. The predicted molar refractivity (Wildman–Crippen MR) is 106 cm³/mol. The maximum atomic E-state index is 11.8. The first kappa shape index (κ1) is 20.0. The van der Waals surface area contributed by atoms with E-state index in [-0.39, 0.29) is 18.2 Å². The number of amides is 2. The third-order valence-electron chi connectivity index (χ3n) is 3.91. The van der Waals surface area contributed by atoms with Crippen LogP contribution in [0.4, 0.5) is 0 Å². The summed E-state index contributed by atoms with van der Waals surface area (Å²) >= 11 is 3.42. The summed E-state index contributed by atoms with van der Waals surface area (Å²) in [4.78, 5) is 23.0. The molecule has 0 aliphatic heterocycles. The first-order chi connectivity index (χ1) is 11.9. The molecule has 0 saturated heterocycles. The number of hydrogen-bond acceptors (Lipinski definition) is 4. The van der Waals surface area contributed by atoms with Crippen molar-refractivity contribution in [1.82, 2.24) is 0 Å². The van der Waals surface area contributed by atoms with E-state index in [1.54, 1.807) is 6.07 Å². The fourth-order valence-electron chi connectivity index (χ4n) is 2.74. The molecule has 0 saturated carbocycles. The van der Waals surface area contributed by atoms with Gasteiger partial charge in [0.1, 0.15) is 5.58 Å². The normalized spacial score (nSPS) is 11.8. The Labute approximate surface area is 164 Å². The molecule has 0 unspecified atom stereocenters. The van der Waals surface area contributed by atoms with Crippen LogP contribution in [-0.4, -0.2) is 17.9 Å². The van der Waals surface area contributed by atoms with Gasteiger partial charge in [-0.25, -0.2) is 0 Å². The number of carbonyl (C=O) groups excluding carboxylic acids is 2. The summed E-state index contributed by atoms with van der Waals surface area (Å²) in [7, 11) is 0. The molecule has 3 rings (SSSR count). The molecule has 136 valence electrons. The molecule has 2 aromatic carbocycles. The van der Waals surface area contributed by atoms with Crippen molar-refractivity contribution in [3.63, 3.8) is 0 Å². The van der Waals surface area contributed by atoms with E-state index in [0.717, 1.165) is 21.0 Å². The van der Waals surface area contributed by atoms with Gasteiger partial charge in [0, 0.05) is 15.4 Å². The Morgan fingerprint density at radius 1 is 1.12 bits per heavy atom. The van der Waals surface area contributed by atoms with E-state index in [1.165, 1.54) is 0 Å². The lowest BCUT2D eigenvalue weighted by Gasteiger charge is -2.09. The van der Waals surface area contributed by atoms with Gasteiger partial charge in [0.2, 0.25) is 5.91 Å². The quantitative estimate of drug-likeness (QED) is 0.566. The number of benzene rings is 2. The average molecular weight is 439 g/mol. The molecule has 0 fully saturated rings. The van der Waals surface area contributed by atoms with Crippen molar-refractivity contribution < 1.29 is 14.0 Å². The van der Waals surface area contributed by atoms with Crippen molar-refractivity contribution in [1.29, 1.82) is 0 Å². The number of carbonyl (C=O) groups is 2. The molecule has 26 heavy (non-hydrogen) atoms. The highest BCUT2D eigenvalue weighted by Crippen LogP contribution is 2.36. The van der Waals surface area contributed by atoms with E-state index in [4.69, 9.17) is 21.6 Å². The largest absolute Gasteiger partial charge is 0.450 e. The van der Waals surface area contributed by atoms with Gasteiger partial charge in [-0.3, -0.25) is 9.59 Å². The summed E-state index contributed by atoms with van der Waals surface area (Å²) in [5.74, 6) is -1.13. The zero-order valence-electron chi connectivity index (χ0n) is 13.6. The molecular formula is C18H17BrClN3O3. The van der Waals surface area contributed by atoms with E-state index in [0.29, 0.717) is 17.6 Å². The molecule has 0 radical (unpaired) electrons. The number of hydrogen-bond donors (Lipinski definition) is 3. The number of primary amides is 2. The molecule has 2 amide bonds. The molecule has 8 heteroatoms. The molecule has 6 N–H and O–H groups in total. The summed E-state index contributed by atoms with van der Waals surface area (Å²) in [6.45, 7) is 0. The van der Waals surface area contributed by atoms with Crippen LogP contribution in [0.25, 0.3) is 22.1 Å². The van der Waals surface area contributed by atoms with Crippen molar-refractivity contribution in [3.05, 3.63) is 58.3 Å². The van der Waals surface area contributed by atoms with Crippen LogP contribution >= 0.6 is 28.3 Å². The number of nitrogens with two attached hydrogens (primary N) is 3. The smallest absolute Gasteiger partial charge is 0.285 e. The molecule has 0 aliphatic carbocycles. The summed E-state index contributed by atoms with van der Waals surface area (Å²) < 4.78 is 6.49. The standard InChI is InChI=1S/C18H16BrN3O3.ClH/c19-11-4-5-14-12(8-11)15(16(25-14)18(22)24)10-3-1-2-9(6-10)7-13(20)17(21)23;/h1-6,8,13H,7,20H2,(H2,21,23)(H2,22,24);1H/t13-;/m0./s1. The molecule has 0 bridgehead atoms. The molecule has 0 aliphatic rings. The Hall–Kier alpha value is -2.35. The van der Waals surface area contributed by atoms with Crippen molar-refractivity contribution in [2.24, 2.45) is 17.2 Å². The van der Waals surface area contributed by atoms with E-state index < -0.39 is 17.9 Å². The first-order valence-corrected chi connectivity index (χ1v) is 8.32. The van der Waals surface area contributed by atoms with Gasteiger partial charge in [-0.1, -0.05) is 40.2 Å². The Balaban J connectivity index is 0.00000243. The van der Waals surface area contributed by atoms with Crippen LogP contribution in [0.5, 0.6) is 0 Å². The molecule has 1 aromatic heterocycles. The zero-order valence-corrected chi connectivity index (χ0v) is 16.0. The Morgan fingerprint density at radius 2 is 1.85 bits per heavy atom. The van der Waals surface area contributed by atoms with Crippen LogP contribution < -0.4 is 17.2 Å². The van der Waals surface area contributed by atoms with Gasteiger partial charge < -0.3 is 21.6 Å². The van der Waals surface area contributed by atoms with Crippen molar-refractivity contribution in [3.8, 4) is 11.1 Å². The highest BCUT2D eigenvalue weighted by atomic mass is 79.9. The van der Waals surface area contributed by atoms with Gasteiger partial charge in [0.25, 0.3) is 5.91 Å². The third kappa shape index (κ3) is 3.90. The summed E-state index contributed by atoms with van der Waals surface area (Å²) in [5, 5.41) is 0.763. The second-order valence-electron chi connectivity index (χ2n) is 5.72. The Kier molecular flexibility index (Phi) is 6.07. The predicted octanol–water partition coefficient (Wildman–Crippen LogP) is 2.74. The third-order valence-corrected chi connectivity index (χ3v) is 4.40. The minimum atomic E-state index is -0.777. The highest BCUT2D eigenvalue weighted by Gasteiger charge is 2.21. The Morgan fingerprint density at radius 3 is 2.50 bits per heavy atom. The monoisotopic (exact) mass is 437 g/mol. The molecule has 6 nitrogen and oxygen atoms in total. The van der Waals surface area contributed by atoms with Gasteiger partial charge in [-0.05, 0) is 35.7 Å². The van der Waals surface area contributed by atoms with Crippen LogP contribution in [-0.2, 0) is 11.2 Å². The number of fused-ring (bicyclic) bond motifs is 1. The van der Waals surface area contributed by atoms with Crippen LogP contribution in [0, 0.1) is 0 Å². The summed E-state index contributed by atoms with van der Waals surface area (Å²) in [6, 6.07) is 12.0. The molecule has 0 spiro atoms. The van der Waals surface area contributed by atoms with Gasteiger partial charge in [-0.15, -0.1) is 12.4 Å². The van der Waals surface area contributed by atoms with E-state index in [1.807, 2.05) is 36.4 Å². The van der Waals surface area contributed by atoms with Crippen LogP contribution in [0.3, 0.4) is 0 Å². The minimum Gasteiger partial charge on any atom is -0.450 e. The van der Waals surface area contributed by atoms with Gasteiger partial charge >= 0.3 is 0 Å². The maximum absolute atomic E-state index is 11.8. The van der Waals surface area contributed by atoms with E-state index >= 15 is 0 Å². The van der Waals surface area contributed by atoms with Crippen molar-refractivity contribution >= 4 is 51.1 Å². The highest BCUT2D eigenvalue weighted by molar-refractivity contribution is 9.10. The summed E-state index contributed by atoms with van der Waals surface area (Å²) in [6.07, 6.45) is 0.300. The number of rotatable bonds is 5. The molecule has 3 aromatic rings. The van der Waals surface area contributed by atoms with E-state index in [9.17, 15) is 9.59 Å². The molecule has 1 atom stereocenters. The molecular weight excluding hydrogens is 422 g/mol. The Bertz CT molecular complexity index is 987. The van der Waals surface area contributed by atoms with Crippen molar-refractivity contribution in [2.75, 3.05) is 0 Å². The van der Waals surface area contributed by atoms with E-state index in [2.05, 4.69) is 15.9 Å². The van der Waals surface area contributed by atoms with Crippen LogP contribution in [0.2, 0.25) is 0 Å². The summed E-state index contributed by atoms with van der Waals surface area (Å²) in [5.41, 5.74) is 19.2. The van der Waals surface area contributed by atoms with Crippen LogP contribution in [0.1, 0.15) is 16.1 Å². The first-order valence-electron chi connectivity index (χ1n) is 7.53. The van der Waals surface area contributed by atoms with Crippen molar-refractivity contribution in [2.45, 2.75) is 12.5 Å².